The largest absolute Gasteiger partial charge is 0.466 e. The Bertz CT molecular complexity index is 1080. The van der Waals surface area contributed by atoms with Crippen LogP contribution in [0.4, 0.5) is 4.39 Å². The second-order valence-corrected chi connectivity index (χ2v) is 7.64. The van der Waals surface area contributed by atoms with Crippen LogP contribution in [0, 0.1) is 19.7 Å². The van der Waals surface area contributed by atoms with Crippen LogP contribution < -0.4 is 5.32 Å². The Morgan fingerprint density at radius 2 is 1.68 bits per heavy atom. The van der Waals surface area contributed by atoms with E-state index >= 15 is 0 Å². The molecule has 7 heteroatoms. The lowest BCUT2D eigenvalue weighted by Crippen LogP contribution is -2.32. The molecule has 1 aromatic carbocycles. The molecule has 31 heavy (non-hydrogen) atoms. The van der Waals surface area contributed by atoms with Gasteiger partial charge in [-0.25, -0.2) is 14.0 Å². The van der Waals surface area contributed by atoms with Crippen molar-refractivity contribution in [3.05, 3.63) is 81.2 Å². The fraction of sp³-hybridized carbons (Fsp3) is 0.333. The molecular formula is C24H27FN2O4. The molecule has 0 radical (unpaired) electrons. The number of esters is 2. The third-order valence-electron chi connectivity index (χ3n) is 5.46. The van der Waals surface area contributed by atoms with Gasteiger partial charge in [-0.05, 0) is 45.4 Å². The van der Waals surface area contributed by atoms with Crippen molar-refractivity contribution in [3.63, 3.8) is 0 Å². The van der Waals surface area contributed by atoms with Crippen molar-refractivity contribution in [3.8, 4) is 0 Å². The van der Waals surface area contributed by atoms with Crippen molar-refractivity contribution in [2.45, 2.75) is 40.0 Å². The molecule has 1 atom stereocenters. The number of ether oxygens (including phenoxy) is 2. The number of halogens is 1. The molecule has 0 amide bonds. The van der Waals surface area contributed by atoms with Crippen LogP contribution in [-0.4, -0.2) is 30.6 Å². The van der Waals surface area contributed by atoms with Crippen LogP contribution in [0.25, 0.3) is 0 Å². The predicted molar refractivity (Wildman–Crippen MR) is 115 cm³/mol. The summed E-state index contributed by atoms with van der Waals surface area (Å²) in [6.07, 6.45) is 0.546. The number of hydrogen-bond acceptors (Lipinski definition) is 5. The van der Waals surface area contributed by atoms with Gasteiger partial charge in [-0.2, -0.15) is 0 Å². The van der Waals surface area contributed by atoms with Crippen molar-refractivity contribution in [2.75, 3.05) is 13.7 Å². The lowest BCUT2D eigenvalue weighted by Gasteiger charge is -2.30. The second-order valence-electron chi connectivity index (χ2n) is 7.64. The van der Waals surface area contributed by atoms with Crippen LogP contribution >= 0.6 is 0 Å². The number of aromatic nitrogens is 1. The number of hydrogen-bond donors (Lipinski definition) is 2. The van der Waals surface area contributed by atoms with E-state index in [-0.39, 0.29) is 23.3 Å². The molecule has 1 aromatic heterocycles. The minimum absolute atomic E-state index is 0.161. The number of benzene rings is 1. The first-order chi connectivity index (χ1) is 14.7. The van der Waals surface area contributed by atoms with Gasteiger partial charge in [-0.15, -0.1) is 0 Å². The third kappa shape index (κ3) is 4.55. The van der Waals surface area contributed by atoms with Gasteiger partial charge < -0.3 is 19.8 Å². The summed E-state index contributed by atoms with van der Waals surface area (Å²) in [6.45, 7) is 7.50. The Balaban J connectivity index is 1.92. The van der Waals surface area contributed by atoms with Gasteiger partial charge in [0.05, 0.1) is 30.8 Å². The molecule has 2 heterocycles. The van der Waals surface area contributed by atoms with E-state index in [9.17, 15) is 14.0 Å². The average Bonchev–Trinajstić information content (AvgIpc) is 3.04. The third-order valence-corrected chi connectivity index (χ3v) is 5.46. The monoisotopic (exact) mass is 426 g/mol. The molecule has 164 valence electrons. The minimum atomic E-state index is -0.932. The highest BCUT2D eigenvalue weighted by atomic mass is 19.1. The average molecular weight is 426 g/mol. The number of aromatic amines is 1. The van der Waals surface area contributed by atoms with E-state index < -0.39 is 23.7 Å². The molecule has 0 aliphatic carbocycles. The molecule has 2 aromatic rings. The molecule has 1 unspecified atom stereocenters. The van der Waals surface area contributed by atoms with Crippen LogP contribution in [0.15, 0.2) is 52.9 Å². The van der Waals surface area contributed by atoms with Gasteiger partial charge in [0.25, 0.3) is 0 Å². The van der Waals surface area contributed by atoms with E-state index in [1.54, 1.807) is 32.0 Å². The topological polar surface area (TPSA) is 80.4 Å². The lowest BCUT2D eigenvalue weighted by molar-refractivity contribution is -0.139. The molecule has 0 fully saturated rings. The molecule has 3 rings (SSSR count). The van der Waals surface area contributed by atoms with E-state index in [1.807, 2.05) is 19.9 Å². The SMILES string of the molecule is COC(=O)C1=C(C)NC(C)=C(C(=O)OCCc2cc(C)[nH]c2C)C1c1ccccc1F. The van der Waals surface area contributed by atoms with Crippen molar-refractivity contribution < 1.29 is 23.5 Å². The number of dihydropyridines is 1. The molecule has 0 bridgehead atoms. The first-order valence-electron chi connectivity index (χ1n) is 10.1. The van der Waals surface area contributed by atoms with Gasteiger partial charge in [0.1, 0.15) is 5.82 Å². The number of nitrogens with one attached hydrogen (secondary N) is 2. The fourth-order valence-corrected chi connectivity index (χ4v) is 4.04. The highest BCUT2D eigenvalue weighted by Gasteiger charge is 2.39. The summed E-state index contributed by atoms with van der Waals surface area (Å²) in [6, 6.07) is 8.11. The summed E-state index contributed by atoms with van der Waals surface area (Å²) >= 11 is 0. The molecule has 0 spiro atoms. The Morgan fingerprint density at radius 3 is 2.26 bits per heavy atom. The zero-order chi connectivity index (χ0) is 22.7. The molecule has 0 saturated heterocycles. The Morgan fingerprint density at radius 1 is 1.03 bits per heavy atom. The number of rotatable bonds is 6. The van der Waals surface area contributed by atoms with Crippen LogP contribution in [0.1, 0.15) is 42.3 Å². The van der Waals surface area contributed by atoms with Crippen molar-refractivity contribution in [1.82, 2.24) is 10.3 Å². The summed E-state index contributed by atoms with van der Waals surface area (Å²) in [5.74, 6) is -2.68. The van der Waals surface area contributed by atoms with Gasteiger partial charge in [0.15, 0.2) is 0 Å². The normalized spacial score (nSPS) is 16.3. The number of allylic oxidation sites excluding steroid dienone is 2. The Labute approximate surface area is 181 Å². The minimum Gasteiger partial charge on any atom is -0.466 e. The highest BCUT2D eigenvalue weighted by Crippen LogP contribution is 2.40. The summed E-state index contributed by atoms with van der Waals surface area (Å²) in [7, 11) is 1.26. The van der Waals surface area contributed by atoms with E-state index in [0.29, 0.717) is 17.8 Å². The standard InChI is InChI=1S/C24H27FN2O4/c1-13-12-17(14(2)26-13)10-11-31-24(29)21-16(4)27-15(3)20(23(28)30-5)22(21)18-8-6-7-9-19(18)25/h6-9,12,22,26-27H,10-11H2,1-5H3. The molecule has 0 saturated carbocycles. The van der Waals surface area contributed by atoms with Gasteiger partial charge in [0.2, 0.25) is 0 Å². The number of H-pyrrole nitrogens is 1. The maximum Gasteiger partial charge on any atom is 0.336 e. The maximum absolute atomic E-state index is 14.8. The summed E-state index contributed by atoms with van der Waals surface area (Å²) in [5, 5.41) is 3.05. The fourth-order valence-electron chi connectivity index (χ4n) is 4.04. The summed E-state index contributed by atoms with van der Waals surface area (Å²) in [4.78, 5) is 28.9. The maximum atomic E-state index is 14.8. The number of carbonyl (C=O) groups is 2. The van der Waals surface area contributed by atoms with E-state index in [0.717, 1.165) is 17.0 Å². The second kappa shape index (κ2) is 9.20. The first-order valence-corrected chi connectivity index (χ1v) is 10.1. The zero-order valence-electron chi connectivity index (χ0n) is 18.4. The Hall–Kier alpha value is -3.35. The number of aryl methyl sites for hydroxylation is 2. The summed E-state index contributed by atoms with van der Waals surface area (Å²) in [5.41, 5.74) is 4.74. The molecule has 1 aliphatic rings. The van der Waals surface area contributed by atoms with E-state index in [1.165, 1.54) is 13.2 Å². The van der Waals surface area contributed by atoms with E-state index in [2.05, 4.69) is 10.3 Å². The smallest absolute Gasteiger partial charge is 0.336 e. The van der Waals surface area contributed by atoms with Gasteiger partial charge in [0, 0.05) is 34.8 Å². The van der Waals surface area contributed by atoms with Crippen LogP contribution in [0.2, 0.25) is 0 Å². The lowest BCUT2D eigenvalue weighted by atomic mass is 9.80. The van der Waals surface area contributed by atoms with Crippen LogP contribution in [0.3, 0.4) is 0 Å². The van der Waals surface area contributed by atoms with Crippen LogP contribution in [0.5, 0.6) is 0 Å². The van der Waals surface area contributed by atoms with Gasteiger partial charge >= 0.3 is 11.9 Å². The molecule has 2 N–H and O–H groups in total. The van der Waals surface area contributed by atoms with Gasteiger partial charge in [-0.1, -0.05) is 18.2 Å². The van der Waals surface area contributed by atoms with Gasteiger partial charge in [-0.3, -0.25) is 0 Å². The highest BCUT2D eigenvalue weighted by molar-refractivity contribution is 5.99. The van der Waals surface area contributed by atoms with Crippen molar-refractivity contribution >= 4 is 11.9 Å². The zero-order valence-corrected chi connectivity index (χ0v) is 18.4. The first kappa shape index (κ1) is 22.3. The molecule has 1 aliphatic heterocycles. The summed E-state index contributed by atoms with van der Waals surface area (Å²) < 4.78 is 25.2. The Kier molecular flexibility index (Phi) is 6.63. The number of carbonyl (C=O) groups excluding carboxylic acids is 2. The van der Waals surface area contributed by atoms with E-state index in [4.69, 9.17) is 9.47 Å². The quantitative estimate of drug-likeness (QED) is 0.684. The van der Waals surface area contributed by atoms with Crippen molar-refractivity contribution in [1.29, 1.82) is 0 Å². The molecule has 6 nitrogen and oxygen atoms in total. The predicted octanol–water partition coefficient (Wildman–Crippen LogP) is 3.96. The van der Waals surface area contributed by atoms with Crippen LogP contribution in [-0.2, 0) is 25.5 Å². The van der Waals surface area contributed by atoms with Crippen molar-refractivity contribution in [2.24, 2.45) is 0 Å². The number of methoxy groups -OCH3 is 1. The molecular weight excluding hydrogens is 399 g/mol.